The summed E-state index contributed by atoms with van der Waals surface area (Å²) < 4.78 is 0. The molecule has 2 aliphatic rings. The maximum Gasteiger partial charge on any atom is 0.246 e. The highest BCUT2D eigenvalue weighted by atomic mass is 32.1. The molecule has 1 aromatic rings. The van der Waals surface area contributed by atoms with E-state index in [4.69, 9.17) is 0 Å². The van der Waals surface area contributed by atoms with Crippen LogP contribution in [0.5, 0.6) is 0 Å². The van der Waals surface area contributed by atoms with Crippen molar-refractivity contribution >= 4 is 30.2 Å². The number of amides is 2. The maximum absolute atomic E-state index is 13.4. The monoisotopic (exact) mass is 388 g/mol. The highest BCUT2D eigenvalue weighted by molar-refractivity contribution is 7.81. The average molecular weight is 389 g/mol. The summed E-state index contributed by atoms with van der Waals surface area (Å²) in [5.74, 6) is -0.325. The first-order valence-electron chi connectivity index (χ1n) is 9.70. The van der Waals surface area contributed by atoms with Crippen LogP contribution >= 0.6 is 12.6 Å². The van der Waals surface area contributed by atoms with E-state index in [9.17, 15) is 14.4 Å². The molecule has 0 unspecified atom stereocenters. The van der Waals surface area contributed by atoms with Crippen molar-refractivity contribution in [1.29, 1.82) is 0 Å². The molecule has 0 aromatic heterocycles. The molecule has 1 N–H and O–H groups in total. The van der Waals surface area contributed by atoms with Crippen molar-refractivity contribution in [2.75, 3.05) is 0 Å². The second-order valence-corrected chi connectivity index (χ2v) is 8.53. The molecule has 1 saturated heterocycles. The van der Waals surface area contributed by atoms with Gasteiger partial charge in [0, 0.05) is 6.42 Å². The molecule has 1 fully saturated rings. The fraction of sp³-hybridized carbons (Fsp3) is 0.571. The predicted molar refractivity (Wildman–Crippen MR) is 108 cm³/mol. The Morgan fingerprint density at radius 3 is 2.59 bits per heavy atom. The van der Waals surface area contributed by atoms with Crippen molar-refractivity contribution in [3.8, 4) is 0 Å². The Bertz CT molecular complexity index is 749. The molecule has 27 heavy (non-hydrogen) atoms. The van der Waals surface area contributed by atoms with Crippen LogP contribution in [-0.4, -0.2) is 39.8 Å². The number of carbonyl (C=O) groups is 3. The first kappa shape index (κ1) is 19.9. The van der Waals surface area contributed by atoms with E-state index in [-0.39, 0.29) is 29.6 Å². The van der Waals surface area contributed by atoms with Gasteiger partial charge in [0.15, 0.2) is 5.78 Å². The molecule has 0 saturated carbocycles. The Kier molecular flexibility index (Phi) is 5.94. The van der Waals surface area contributed by atoms with Crippen LogP contribution in [0, 0.1) is 5.92 Å². The van der Waals surface area contributed by atoms with Crippen LogP contribution < -0.4 is 5.32 Å². The van der Waals surface area contributed by atoms with Gasteiger partial charge in [-0.1, -0.05) is 38.1 Å². The van der Waals surface area contributed by atoms with E-state index >= 15 is 0 Å². The first-order chi connectivity index (χ1) is 12.8. The zero-order valence-corrected chi connectivity index (χ0v) is 17.0. The van der Waals surface area contributed by atoms with Gasteiger partial charge >= 0.3 is 0 Å². The number of nitrogens with zero attached hydrogens (tertiary/aromatic N) is 1. The van der Waals surface area contributed by atoms with Gasteiger partial charge in [-0.3, -0.25) is 14.4 Å². The Labute approximate surface area is 166 Å². The molecule has 0 bridgehead atoms. The second-order valence-electron chi connectivity index (χ2n) is 7.97. The smallest absolute Gasteiger partial charge is 0.246 e. The number of fused-ring (bicyclic) bond motifs is 3. The Hall–Kier alpha value is -1.82. The summed E-state index contributed by atoms with van der Waals surface area (Å²) in [5.41, 5.74) is 2.16. The minimum Gasteiger partial charge on any atom is -0.343 e. The van der Waals surface area contributed by atoms with Crippen LogP contribution in [0.4, 0.5) is 0 Å². The van der Waals surface area contributed by atoms with Gasteiger partial charge < -0.3 is 10.2 Å². The summed E-state index contributed by atoms with van der Waals surface area (Å²) >= 11 is 4.38. The summed E-state index contributed by atoms with van der Waals surface area (Å²) in [7, 11) is 0. The standard InChI is InChI=1S/C21H28N2O3S/c1-12(2)19(27)20(25)22-16-11-14-7-4-5-8-15(14)18-10-6-9-17(13(3)24)23(18)21(16)26/h4-5,7-8,12,16-19,27H,6,9-11H2,1-3H3,(H,22,25)/t16-,17-,18+,19-/m0/s1. The minimum absolute atomic E-state index is 0.00626. The lowest BCUT2D eigenvalue weighted by Gasteiger charge is -2.41. The fourth-order valence-corrected chi connectivity index (χ4v) is 4.29. The number of nitrogens with one attached hydrogen (secondary N) is 1. The van der Waals surface area contributed by atoms with E-state index in [1.807, 2.05) is 38.1 Å². The molecular formula is C21H28N2O3S. The minimum atomic E-state index is -0.669. The summed E-state index contributed by atoms with van der Waals surface area (Å²) in [6.45, 7) is 5.40. The van der Waals surface area contributed by atoms with Crippen LogP contribution in [0.3, 0.4) is 0 Å². The van der Waals surface area contributed by atoms with Gasteiger partial charge in [0.25, 0.3) is 0 Å². The van der Waals surface area contributed by atoms with Crippen LogP contribution in [0.1, 0.15) is 57.2 Å². The number of rotatable bonds is 4. The Morgan fingerprint density at radius 2 is 1.93 bits per heavy atom. The SMILES string of the molecule is CC(=O)[C@@H]1CCC[C@@H]2c3ccccc3C[C@H](NC(=O)[C@@H](S)C(C)C)C(=O)N21. The number of benzene rings is 1. The van der Waals surface area contributed by atoms with Crippen molar-refractivity contribution in [2.45, 2.75) is 69.8 Å². The number of carbonyl (C=O) groups excluding carboxylic acids is 3. The summed E-state index contributed by atoms with van der Waals surface area (Å²) in [4.78, 5) is 40.0. The van der Waals surface area contributed by atoms with Crippen molar-refractivity contribution in [3.05, 3.63) is 35.4 Å². The highest BCUT2D eigenvalue weighted by Crippen LogP contribution is 2.39. The summed E-state index contributed by atoms with van der Waals surface area (Å²) in [6, 6.07) is 6.80. The molecule has 2 amide bonds. The Morgan fingerprint density at radius 1 is 1.22 bits per heavy atom. The fourth-order valence-electron chi connectivity index (χ4n) is 4.22. The average Bonchev–Trinajstić information content (AvgIpc) is 2.76. The lowest BCUT2D eigenvalue weighted by Crippen LogP contribution is -2.56. The molecule has 5 nitrogen and oxygen atoms in total. The summed E-state index contributed by atoms with van der Waals surface area (Å²) in [5, 5.41) is 2.43. The number of hydrogen-bond donors (Lipinski definition) is 2. The van der Waals surface area contributed by atoms with E-state index < -0.39 is 17.3 Å². The number of Topliss-reactive ketones (excluding diaryl/α,β-unsaturated/α-hetero) is 1. The van der Waals surface area contributed by atoms with E-state index in [1.165, 1.54) is 0 Å². The van der Waals surface area contributed by atoms with Gasteiger partial charge in [-0.05, 0) is 43.2 Å². The lowest BCUT2D eigenvalue weighted by molar-refractivity contribution is -0.146. The molecule has 1 aromatic carbocycles. The van der Waals surface area contributed by atoms with Gasteiger partial charge in [-0.15, -0.1) is 0 Å². The Balaban J connectivity index is 1.98. The quantitative estimate of drug-likeness (QED) is 0.780. The normalized spacial score (nSPS) is 26.0. The summed E-state index contributed by atoms with van der Waals surface area (Å²) in [6.07, 6.45) is 2.88. The molecule has 0 spiro atoms. The van der Waals surface area contributed by atoms with Gasteiger partial charge in [0.1, 0.15) is 6.04 Å². The number of piperidine rings is 1. The van der Waals surface area contributed by atoms with Crippen molar-refractivity contribution in [3.63, 3.8) is 0 Å². The third kappa shape index (κ3) is 3.91. The predicted octanol–water partition coefficient (Wildman–Crippen LogP) is 2.69. The van der Waals surface area contributed by atoms with Gasteiger partial charge in [-0.2, -0.15) is 12.6 Å². The van der Waals surface area contributed by atoms with Crippen molar-refractivity contribution < 1.29 is 14.4 Å². The third-order valence-electron chi connectivity index (χ3n) is 5.70. The molecule has 2 aliphatic heterocycles. The topological polar surface area (TPSA) is 66.5 Å². The van der Waals surface area contributed by atoms with E-state index in [2.05, 4.69) is 17.9 Å². The van der Waals surface area contributed by atoms with E-state index in [1.54, 1.807) is 11.8 Å². The lowest BCUT2D eigenvalue weighted by atomic mass is 9.88. The first-order valence-corrected chi connectivity index (χ1v) is 10.2. The molecule has 2 heterocycles. The largest absolute Gasteiger partial charge is 0.343 e. The molecule has 0 aliphatic carbocycles. The van der Waals surface area contributed by atoms with E-state index in [0.717, 1.165) is 24.0 Å². The highest BCUT2D eigenvalue weighted by Gasteiger charge is 2.43. The van der Waals surface area contributed by atoms with Crippen LogP contribution in [0.2, 0.25) is 0 Å². The van der Waals surface area contributed by atoms with Crippen molar-refractivity contribution in [1.82, 2.24) is 10.2 Å². The van der Waals surface area contributed by atoms with Gasteiger partial charge in [-0.25, -0.2) is 0 Å². The molecule has 0 radical (unpaired) electrons. The van der Waals surface area contributed by atoms with Crippen LogP contribution in [0.25, 0.3) is 0 Å². The van der Waals surface area contributed by atoms with Gasteiger partial charge in [0.2, 0.25) is 11.8 Å². The number of thiol groups is 1. The molecule has 4 atom stereocenters. The molecular weight excluding hydrogens is 360 g/mol. The van der Waals surface area contributed by atoms with Crippen LogP contribution in [0.15, 0.2) is 24.3 Å². The third-order valence-corrected chi connectivity index (χ3v) is 6.53. The van der Waals surface area contributed by atoms with Crippen LogP contribution in [-0.2, 0) is 20.8 Å². The van der Waals surface area contributed by atoms with Crippen molar-refractivity contribution in [2.24, 2.45) is 5.92 Å². The number of hydrogen-bond acceptors (Lipinski definition) is 4. The second kappa shape index (κ2) is 8.05. The molecule has 146 valence electrons. The van der Waals surface area contributed by atoms with Gasteiger partial charge in [0.05, 0.1) is 17.3 Å². The van der Waals surface area contributed by atoms with E-state index in [0.29, 0.717) is 12.8 Å². The molecule has 6 heteroatoms. The zero-order valence-electron chi connectivity index (χ0n) is 16.1. The molecule has 3 rings (SSSR count). The zero-order chi connectivity index (χ0) is 19.7. The number of ketones is 1. The maximum atomic E-state index is 13.4.